The van der Waals surface area contributed by atoms with E-state index in [1.54, 1.807) is 25.1 Å². The number of aromatic hydroxyl groups is 1. The Morgan fingerprint density at radius 1 is 1.07 bits per heavy atom. The van der Waals surface area contributed by atoms with E-state index < -0.39 is 33.0 Å². The monoisotopic (exact) mass is 669 g/mol. The fourth-order valence-electron chi connectivity index (χ4n) is 3.57. The summed E-state index contributed by atoms with van der Waals surface area (Å²) in [5.74, 6) is -0.720. The number of likely N-dealkylation sites (tertiary alicyclic amines) is 1. The van der Waals surface area contributed by atoms with E-state index in [1.807, 2.05) is 13.8 Å². The van der Waals surface area contributed by atoms with Crippen molar-refractivity contribution in [3.63, 3.8) is 0 Å². The second-order valence-corrected chi connectivity index (χ2v) is 12.7. The van der Waals surface area contributed by atoms with E-state index in [4.69, 9.17) is 16.7 Å². The third-order valence-electron chi connectivity index (χ3n) is 5.96. The predicted octanol–water partition coefficient (Wildman–Crippen LogP) is 9.18. The Kier molecular flexibility index (Phi) is 17.6. The molecule has 12 heteroatoms. The molecule has 0 saturated carbocycles. The van der Waals surface area contributed by atoms with Crippen LogP contribution in [0.25, 0.3) is 0 Å². The predicted molar refractivity (Wildman–Crippen MR) is 171 cm³/mol. The van der Waals surface area contributed by atoms with Gasteiger partial charge in [0.2, 0.25) is 0 Å². The number of benzene rings is 2. The fourth-order valence-corrected chi connectivity index (χ4v) is 4.69. The number of halogens is 6. The summed E-state index contributed by atoms with van der Waals surface area (Å²) in [5, 5.41) is 8.88. The van der Waals surface area contributed by atoms with Gasteiger partial charge in [-0.05, 0) is 94.2 Å². The van der Waals surface area contributed by atoms with Crippen molar-refractivity contribution in [2.75, 3.05) is 26.4 Å². The number of aryl methyl sites for hydroxylation is 1. The van der Waals surface area contributed by atoms with Crippen molar-refractivity contribution in [3.8, 4) is 5.75 Å². The van der Waals surface area contributed by atoms with Crippen molar-refractivity contribution in [1.82, 2.24) is 4.90 Å². The lowest BCUT2D eigenvalue weighted by Crippen LogP contribution is -2.10. The molecule has 0 bridgehead atoms. The molecule has 0 aromatic heterocycles. The third kappa shape index (κ3) is 15.3. The van der Waals surface area contributed by atoms with Gasteiger partial charge in [-0.1, -0.05) is 71.6 Å². The van der Waals surface area contributed by atoms with Crippen LogP contribution in [0.3, 0.4) is 0 Å². The Bertz CT molecular complexity index is 1330. The Balaban J connectivity index is 0.000000724. The minimum Gasteiger partial charge on any atom is -0.507 e. The Hall–Kier alpha value is -2.26. The number of phenols is 1. The van der Waals surface area contributed by atoms with Crippen molar-refractivity contribution in [1.29, 1.82) is 0 Å². The number of sulfone groups is 1. The quantitative estimate of drug-likeness (QED) is 0.189. The average Bonchev–Trinajstić information content (AvgIpc) is 3.39. The van der Waals surface area contributed by atoms with Crippen LogP contribution in [-0.4, -0.2) is 50.5 Å². The van der Waals surface area contributed by atoms with E-state index in [0.717, 1.165) is 24.0 Å². The molecule has 2 aromatic carbocycles. The fraction of sp³-hybridized carbons (Fsp3) is 0.419. The first-order chi connectivity index (χ1) is 19.8. The van der Waals surface area contributed by atoms with Gasteiger partial charge in [-0.3, -0.25) is 0 Å². The zero-order chi connectivity index (χ0) is 33.6. The van der Waals surface area contributed by atoms with Crippen LogP contribution in [0.4, 0.5) is 22.0 Å². The molecule has 2 aromatic rings. The lowest BCUT2D eigenvalue weighted by molar-refractivity contribution is -0.138. The molecule has 4 nitrogen and oxygen atoms in total. The van der Waals surface area contributed by atoms with Crippen LogP contribution in [0.15, 0.2) is 82.3 Å². The number of rotatable bonds is 6. The summed E-state index contributed by atoms with van der Waals surface area (Å²) >= 11 is 6.09. The molecule has 1 saturated heterocycles. The Labute approximate surface area is 260 Å². The van der Waals surface area contributed by atoms with Gasteiger partial charge in [0.15, 0.2) is 9.84 Å². The van der Waals surface area contributed by atoms with Crippen LogP contribution in [0.1, 0.15) is 50.3 Å². The highest BCUT2D eigenvalue weighted by molar-refractivity contribution is 7.90. The van der Waals surface area contributed by atoms with E-state index in [0.29, 0.717) is 11.1 Å². The molecule has 0 aliphatic carbocycles. The van der Waals surface area contributed by atoms with E-state index in [9.17, 15) is 30.4 Å². The molecule has 3 rings (SSSR count). The van der Waals surface area contributed by atoms with Crippen molar-refractivity contribution in [2.45, 2.75) is 63.7 Å². The second-order valence-electron chi connectivity index (χ2n) is 9.61. The van der Waals surface area contributed by atoms with E-state index in [1.165, 1.54) is 66.4 Å². The minimum atomic E-state index is -4.47. The molecule has 1 fully saturated rings. The molecule has 1 aliphatic heterocycles. The summed E-state index contributed by atoms with van der Waals surface area (Å²) in [5.41, 5.74) is -2.52. The Morgan fingerprint density at radius 3 is 1.93 bits per heavy atom. The number of alkyl halides is 5. The molecule has 242 valence electrons. The summed E-state index contributed by atoms with van der Waals surface area (Å²) in [6, 6.07) is 9.48. The maximum atomic E-state index is 13.4. The smallest absolute Gasteiger partial charge is 0.419 e. The zero-order valence-electron chi connectivity index (χ0n) is 25.4. The van der Waals surface area contributed by atoms with Crippen LogP contribution >= 0.6 is 20.8 Å². The van der Waals surface area contributed by atoms with Crippen molar-refractivity contribution in [2.24, 2.45) is 0 Å². The molecule has 0 spiro atoms. The summed E-state index contributed by atoms with van der Waals surface area (Å²) < 4.78 is 85.7. The molecular weight excluding hydrogens is 628 g/mol. The van der Waals surface area contributed by atoms with Gasteiger partial charge in [0.05, 0.1) is 10.5 Å². The van der Waals surface area contributed by atoms with Crippen LogP contribution in [0, 0.1) is 6.92 Å². The first-order valence-corrected chi connectivity index (χ1v) is 16.3. The van der Waals surface area contributed by atoms with E-state index in [2.05, 4.69) is 18.5 Å². The molecule has 1 N–H and O–H groups in total. The van der Waals surface area contributed by atoms with Crippen LogP contribution in [-0.2, 0) is 22.4 Å². The molecule has 0 amide bonds. The number of nitrogens with zero attached hydrogens (tertiary/aromatic N) is 1. The SMILES string of the molecule is C=C/C=C(Cc1ccc(S(C)(=O)=O)cc1)\C(Cl)=C(/C)C(F)(F)P.CC.CN1CCCC1.Cc1ccc(C(F)(F)F)c(O)c1. The molecule has 0 radical (unpaired) electrons. The van der Waals surface area contributed by atoms with Crippen molar-refractivity contribution in [3.05, 3.63) is 94.1 Å². The van der Waals surface area contributed by atoms with Gasteiger partial charge in [0, 0.05) is 16.9 Å². The van der Waals surface area contributed by atoms with E-state index in [-0.39, 0.29) is 21.9 Å². The molecular formula is C31H42ClF5NO3PS. The molecule has 1 aliphatic rings. The molecule has 43 heavy (non-hydrogen) atoms. The van der Waals surface area contributed by atoms with Gasteiger partial charge in [-0.25, -0.2) is 8.42 Å². The summed E-state index contributed by atoms with van der Waals surface area (Å²) in [6.07, 6.45) is 2.79. The summed E-state index contributed by atoms with van der Waals surface area (Å²) in [7, 11) is 0.352. The molecule has 1 heterocycles. The van der Waals surface area contributed by atoms with Gasteiger partial charge in [0.25, 0.3) is 5.66 Å². The number of hydrogen-bond donors (Lipinski definition) is 1. The topological polar surface area (TPSA) is 57.6 Å². The largest absolute Gasteiger partial charge is 0.507 e. The van der Waals surface area contributed by atoms with Crippen LogP contribution < -0.4 is 0 Å². The Morgan fingerprint density at radius 2 is 1.58 bits per heavy atom. The maximum Gasteiger partial charge on any atom is 0.419 e. The summed E-state index contributed by atoms with van der Waals surface area (Å²) in [4.78, 5) is 2.56. The van der Waals surface area contributed by atoms with Gasteiger partial charge in [0.1, 0.15) is 5.75 Å². The summed E-state index contributed by atoms with van der Waals surface area (Å²) in [6.45, 7) is 13.1. The highest BCUT2D eigenvalue weighted by Crippen LogP contribution is 2.37. The second kappa shape index (κ2) is 18.5. The zero-order valence-corrected chi connectivity index (χ0v) is 28.1. The lowest BCUT2D eigenvalue weighted by Gasteiger charge is -2.15. The van der Waals surface area contributed by atoms with Gasteiger partial charge in [-0.2, -0.15) is 22.0 Å². The first-order valence-electron chi connectivity index (χ1n) is 13.5. The molecule has 1 atom stereocenters. The standard InChI is InChI=1S/C16H18ClF2O2PS.C8H7F3O.C5H11N.C2H6/c1-4-5-13(15(17)11(2)16(18,19)22)10-12-6-8-14(9-7-12)23(3,20)21;1-5-2-3-6(7(12)4-5)8(9,10)11;1-6-4-2-3-5-6;1-2/h4-9H,1,10,22H2,2-3H3;2-4,12H,1H3;2-5H2,1H3;1-2H3/b13-5-,15-11-;;;. The number of hydrogen-bond acceptors (Lipinski definition) is 4. The highest BCUT2D eigenvalue weighted by atomic mass is 35.5. The minimum absolute atomic E-state index is 0.0305. The van der Waals surface area contributed by atoms with Crippen LogP contribution in [0.2, 0.25) is 0 Å². The van der Waals surface area contributed by atoms with E-state index >= 15 is 0 Å². The molecule has 1 unspecified atom stereocenters. The van der Waals surface area contributed by atoms with Gasteiger partial charge in [-0.15, -0.1) is 0 Å². The van der Waals surface area contributed by atoms with Gasteiger partial charge < -0.3 is 10.0 Å². The lowest BCUT2D eigenvalue weighted by atomic mass is 10.0. The maximum absolute atomic E-state index is 13.4. The highest BCUT2D eigenvalue weighted by Gasteiger charge is 2.33. The number of allylic oxidation sites excluding steroid dienone is 5. The normalized spacial score (nSPS) is 14.7. The third-order valence-corrected chi connectivity index (χ3v) is 8.05. The average molecular weight is 670 g/mol. The first kappa shape index (κ1) is 40.7. The van der Waals surface area contributed by atoms with Gasteiger partial charge >= 0.3 is 6.18 Å². The van der Waals surface area contributed by atoms with Crippen molar-refractivity contribution < 1.29 is 35.5 Å². The van der Waals surface area contributed by atoms with Crippen molar-refractivity contribution >= 4 is 30.7 Å². The number of phenolic OH excluding ortho intramolecular Hbond substituents is 1. The van der Waals surface area contributed by atoms with Crippen LogP contribution in [0.5, 0.6) is 5.75 Å².